The number of hydrogen-bond acceptors (Lipinski definition) is 5. The molecule has 6 heteroatoms. The molecule has 0 aliphatic heterocycles. The lowest BCUT2D eigenvalue weighted by molar-refractivity contribution is 0.424. The summed E-state index contributed by atoms with van der Waals surface area (Å²) >= 11 is 0. The highest BCUT2D eigenvalue weighted by atomic mass is 16.5. The summed E-state index contributed by atoms with van der Waals surface area (Å²) < 4.78 is 10.3. The molecule has 0 saturated carbocycles. The van der Waals surface area contributed by atoms with Crippen LogP contribution >= 0.6 is 0 Å². The molecule has 2 aromatic carbocycles. The van der Waals surface area contributed by atoms with Gasteiger partial charge in [0.15, 0.2) is 11.4 Å². The van der Waals surface area contributed by atoms with Crippen LogP contribution in [0.2, 0.25) is 0 Å². The van der Waals surface area contributed by atoms with Crippen LogP contribution in [0.25, 0.3) is 22.6 Å². The number of rotatable bonds is 3. The molecule has 0 aliphatic carbocycles. The quantitative estimate of drug-likeness (QED) is 0.627. The Morgan fingerprint density at radius 2 is 1.95 bits per heavy atom. The van der Waals surface area contributed by atoms with E-state index in [4.69, 9.17) is 8.94 Å². The maximum absolute atomic E-state index is 11.2. The fraction of sp³-hybridized carbons (Fsp3) is 0.0625. The predicted octanol–water partition coefficient (Wildman–Crippen LogP) is 2.76. The molecule has 108 valence electrons. The van der Waals surface area contributed by atoms with Crippen LogP contribution in [0.1, 0.15) is 11.4 Å². The molecule has 0 atom stereocenters. The van der Waals surface area contributed by atoms with Crippen molar-refractivity contribution in [3.8, 4) is 11.5 Å². The molecule has 2 aromatic heterocycles. The third-order valence-electron chi connectivity index (χ3n) is 3.33. The lowest BCUT2D eigenvalue weighted by Crippen LogP contribution is -1.93. The second-order valence-corrected chi connectivity index (χ2v) is 4.90. The Kier molecular flexibility index (Phi) is 2.86. The van der Waals surface area contributed by atoms with Crippen LogP contribution in [-0.4, -0.2) is 15.1 Å². The van der Waals surface area contributed by atoms with Crippen molar-refractivity contribution in [2.75, 3.05) is 0 Å². The molecule has 0 amide bonds. The first-order valence-electron chi connectivity index (χ1n) is 6.78. The Morgan fingerprint density at radius 3 is 2.82 bits per heavy atom. The van der Waals surface area contributed by atoms with Crippen molar-refractivity contribution < 1.29 is 8.94 Å². The molecule has 4 rings (SSSR count). The van der Waals surface area contributed by atoms with Crippen molar-refractivity contribution in [3.05, 3.63) is 70.5 Å². The van der Waals surface area contributed by atoms with Gasteiger partial charge in [0.1, 0.15) is 0 Å². The smallest absolute Gasteiger partial charge is 0.408 e. The topological polar surface area (TPSA) is 84.9 Å². The average Bonchev–Trinajstić information content (AvgIpc) is 3.13. The number of H-pyrrole nitrogens is 1. The minimum Gasteiger partial charge on any atom is -0.408 e. The van der Waals surface area contributed by atoms with Gasteiger partial charge in [-0.25, -0.2) is 4.79 Å². The van der Waals surface area contributed by atoms with Gasteiger partial charge in [-0.3, -0.25) is 4.98 Å². The SMILES string of the molecule is O=c1[nH]c2cc(Cc3noc(-c4ccccc4)n3)ccc2o1. The molecule has 0 bridgehead atoms. The van der Waals surface area contributed by atoms with E-state index >= 15 is 0 Å². The van der Waals surface area contributed by atoms with E-state index < -0.39 is 5.76 Å². The van der Waals surface area contributed by atoms with Gasteiger partial charge in [-0.05, 0) is 29.8 Å². The summed E-state index contributed by atoms with van der Waals surface area (Å²) in [6, 6.07) is 15.1. The van der Waals surface area contributed by atoms with Crippen LogP contribution in [0.15, 0.2) is 62.3 Å². The molecule has 2 heterocycles. The van der Waals surface area contributed by atoms with Gasteiger partial charge in [0.25, 0.3) is 5.89 Å². The number of aromatic nitrogens is 3. The molecule has 0 spiro atoms. The third-order valence-corrected chi connectivity index (χ3v) is 3.33. The Labute approximate surface area is 124 Å². The minimum atomic E-state index is -0.460. The Bertz CT molecular complexity index is 982. The van der Waals surface area contributed by atoms with Gasteiger partial charge in [-0.2, -0.15) is 4.98 Å². The monoisotopic (exact) mass is 293 g/mol. The third kappa shape index (κ3) is 2.31. The van der Waals surface area contributed by atoms with E-state index in [1.807, 2.05) is 42.5 Å². The molecule has 0 radical (unpaired) electrons. The first kappa shape index (κ1) is 12.6. The van der Waals surface area contributed by atoms with Crippen molar-refractivity contribution in [1.29, 1.82) is 0 Å². The summed E-state index contributed by atoms with van der Waals surface area (Å²) in [5, 5.41) is 3.99. The van der Waals surface area contributed by atoms with E-state index in [1.54, 1.807) is 6.07 Å². The lowest BCUT2D eigenvalue weighted by atomic mass is 10.1. The van der Waals surface area contributed by atoms with E-state index in [9.17, 15) is 4.79 Å². The lowest BCUT2D eigenvalue weighted by Gasteiger charge is -1.96. The van der Waals surface area contributed by atoms with Gasteiger partial charge in [-0.15, -0.1) is 0 Å². The fourth-order valence-electron chi connectivity index (χ4n) is 2.32. The normalized spacial score (nSPS) is 11.1. The molecule has 6 nitrogen and oxygen atoms in total. The van der Waals surface area contributed by atoms with E-state index in [1.165, 1.54) is 0 Å². The second kappa shape index (κ2) is 5.00. The first-order chi connectivity index (χ1) is 10.8. The Morgan fingerprint density at radius 1 is 1.09 bits per heavy atom. The molecule has 0 saturated heterocycles. The number of oxazole rings is 1. The van der Waals surface area contributed by atoms with Crippen molar-refractivity contribution >= 4 is 11.1 Å². The maximum atomic E-state index is 11.2. The van der Waals surface area contributed by atoms with Crippen LogP contribution in [0.5, 0.6) is 0 Å². The summed E-state index contributed by atoms with van der Waals surface area (Å²) in [6.07, 6.45) is 0.513. The highest BCUT2D eigenvalue weighted by Crippen LogP contribution is 2.18. The molecule has 0 unspecified atom stereocenters. The highest BCUT2D eigenvalue weighted by Gasteiger charge is 2.10. The van der Waals surface area contributed by atoms with Crippen LogP contribution in [0.4, 0.5) is 0 Å². The average molecular weight is 293 g/mol. The second-order valence-electron chi connectivity index (χ2n) is 4.90. The molecule has 0 fully saturated rings. The van der Waals surface area contributed by atoms with E-state index in [2.05, 4.69) is 15.1 Å². The zero-order valence-corrected chi connectivity index (χ0v) is 11.4. The molecule has 4 aromatic rings. The number of aromatic amines is 1. The number of nitrogens with zero attached hydrogens (tertiary/aromatic N) is 2. The van der Waals surface area contributed by atoms with Crippen molar-refractivity contribution in [3.63, 3.8) is 0 Å². The summed E-state index contributed by atoms with van der Waals surface area (Å²) in [5.41, 5.74) is 3.04. The van der Waals surface area contributed by atoms with Crippen molar-refractivity contribution in [2.24, 2.45) is 0 Å². The zero-order valence-electron chi connectivity index (χ0n) is 11.4. The van der Waals surface area contributed by atoms with E-state index in [-0.39, 0.29) is 0 Å². The maximum Gasteiger partial charge on any atom is 0.417 e. The van der Waals surface area contributed by atoms with Gasteiger partial charge in [0, 0.05) is 12.0 Å². The van der Waals surface area contributed by atoms with Gasteiger partial charge >= 0.3 is 5.76 Å². The first-order valence-corrected chi connectivity index (χ1v) is 6.78. The van der Waals surface area contributed by atoms with Crippen LogP contribution in [0.3, 0.4) is 0 Å². The van der Waals surface area contributed by atoms with Gasteiger partial charge < -0.3 is 8.94 Å². The van der Waals surface area contributed by atoms with Gasteiger partial charge in [-0.1, -0.05) is 29.4 Å². The summed E-state index contributed by atoms with van der Waals surface area (Å²) in [7, 11) is 0. The molecule has 0 aliphatic rings. The zero-order chi connectivity index (χ0) is 14.9. The standard InChI is InChI=1S/C16H11N3O3/c20-16-17-12-8-10(6-7-13(12)21-16)9-14-18-15(22-19-14)11-4-2-1-3-5-11/h1-8H,9H2,(H,17,20). The number of benzene rings is 2. The Balaban J connectivity index is 1.62. The molecule has 22 heavy (non-hydrogen) atoms. The number of fused-ring (bicyclic) bond motifs is 1. The molecular formula is C16H11N3O3. The minimum absolute atomic E-state index is 0.460. The number of hydrogen-bond donors (Lipinski definition) is 1. The van der Waals surface area contributed by atoms with Crippen LogP contribution < -0.4 is 5.76 Å². The summed E-state index contributed by atoms with van der Waals surface area (Å²) in [5.74, 6) is 0.621. The van der Waals surface area contributed by atoms with Crippen LogP contribution in [-0.2, 0) is 6.42 Å². The Hall–Kier alpha value is -3.15. The van der Waals surface area contributed by atoms with E-state index in [0.29, 0.717) is 29.2 Å². The van der Waals surface area contributed by atoms with Gasteiger partial charge in [0.05, 0.1) is 5.52 Å². The largest absolute Gasteiger partial charge is 0.417 e. The fourth-order valence-corrected chi connectivity index (χ4v) is 2.32. The molecule has 1 N–H and O–H groups in total. The highest BCUT2D eigenvalue weighted by molar-refractivity contribution is 5.72. The summed E-state index contributed by atoms with van der Waals surface area (Å²) in [6.45, 7) is 0. The van der Waals surface area contributed by atoms with Crippen molar-refractivity contribution in [2.45, 2.75) is 6.42 Å². The van der Waals surface area contributed by atoms with Gasteiger partial charge in [0.2, 0.25) is 0 Å². The predicted molar refractivity (Wildman–Crippen MR) is 79.4 cm³/mol. The molecular weight excluding hydrogens is 282 g/mol. The van der Waals surface area contributed by atoms with Crippen molar-refractivity contribution in [1.82, 2.24) is 15.1 Å². The van der Waals surface area contributed by atoms with E-state index in [0.717, 1.165) is 11.1 Å². The summed E-state index contributed by atoms with van der Waals surface area (Å²) in [4.78, 5) is 18.2. The number of nitrogens with one attached hydrogen (secondary N) is 1. The van der Waals surface area contributed by atoms with Crippen LogP contribution in [0, 0.1) is 0 Å².